The highest BCUT2D eigenvalue weighted by molar-refractivity contribution is 6.36. The highest BCUT2D eigenvalue weighted by Gasteiger charge is 2.32. The van der Waals surface area contributed by atoms with E-state index in [1.165, 1.54) is 0 Å². The van der Waals surface area contributed by atoms with Crippen molar-refractivity contribution >= 4 is 46.4 Å². The maximum atomic E-state index is 13.1. The van der Waals surface area contributed by atoms with Crippen LogP contribution in [0.5, 0.6) is 0 Å². The molecule has 0 N–H and O–H groups in total. The largest absolute Gasteiger partial charge is 0.360 e. The molecule has 0 saturated carbocycles. The second-order valence-corrected chi connectivity index (χ2v) is 8.39. The molecule has 1 fully saturated rings. The summed E-state index contributed by atoms with van der Waals surface area (Å²) in [6.07, 6.45) is 1.88. The first kappa shape index (κ1) is 20.1. The van der Waals surface area contributed by atoms with E-state index in [0.717, 1.165) is 11.3 Å². The van der Waals surface area contributed by atoms with E-state index in [4.69, 9.17) is 34.8 Å². The van der Waals surface area contributed by atoms with Crippen molar-refractivity contribution in [1.29, 1.82) is 0 Å². The number of carbonyl (C=O) groups excluding carboxylic acids is 1. The van der Waals surface area contributed by atoms with Gasteiger partial charge in [0.25, 0.3) is 5.91 Å². The van der Waals surface area contributed by atoms with Crippen molar-refractivity contribution in [3.05, 3.63) is 87.1 Å². The van der Waals surface area contributed by atoms with Crippen LogP contribution >= 0.6 is 34.8 Å². The van der Waals surface area contributed by atoms with E-state index in [-0.39, 0.29) is 11.9 Å². The number of carbonyl (C=O) groups is 1. The molecule has 0 spiro atoms. The second kappa shape index (κ2) is 8.31. The van der Waals surface area contributed by atoms with Crippen LogP contribution in [0.3, 0.4) is 0 Å². The van der Waals surface area contributed by atoms with Crippen molar-refractivity contribution in [2.45, 2.75) is 6.04 Å². The van der Waals surface area contributed by atoms with Crippen molar-refractivity contribution in [3.63, 3.8) is 0 Å². The normalized spacial score (nSPS) is 16.9. The third kappa shape index (κ3) is 4.11. The molecule has 1 aliphatic rings. The summed E-state index contributed by atoms with van der Waals surface area (Å²) in [7, 11) is 1.88. The fourth-order valence-electron chi connectivity index (χ4n) is 3.79. The zero-order chi connectivity index (χ0) is 20.5. The van der Waals surface area contributed by atoms with Crippen LogP contribution in [0.2, 0.25) is 15.1 Å². The predicted octanol–water partition coefficient (Wildman–Crippen LogP) is 5.69. The smallest absolute Gasteiger partial charge is 0.270 e. The van der Waals surface area contributed by atoms with E-state index in [0.29, 0.717) is 40.4 Å². The first-order valence-electron chi connectivity index (χ1n) is 9.32. The summed E-state index contributed by atoms with van der Waals surface area (Å²) in [5, 5.41) is 1.87. The van der Waals surface area contributed by atoms with Crippen LogP contribution in [0.4, 0.5) is 5.69 Å². The molecule has 2 aromatic carbocycles. The first-order chi connectivity index (χ1) is 13.9. The molecule has 0 aliphatic carbocycles. The maximum Gasteiger partial charge on any atom is 0.270 e. The molecule has 3 aromatic rings. The summed E-state index contributed by atoms with van der Waals surface area (Å²) in [6, 6.07) is 16.9. The van der Waals surface area contributed by atoms with E-state index in [1.807, 2.05) is 71.2 Å². The zero-order valence-electron chi connectivity index (χ0n) is 15.9. The monoisotopic (exact) mass is 447 g/mol. The molecule has 1 atom stereocenters. The van der Waals surface area contributed by atoms with Gasteiger partial charge in [0.05, 0.1) is 16.8 Å². The minimum atomic E-state index is -0.0519. The molecule has 1 amide bonds. The van der Waals surface area contributed by atoms with Crippen molar-refractivity contribution in [3.8, 4) is 0 Å². The van der Waals surface area contributed by atoms with Gasteiger partial charge in [0.2, 0.25) is 0 Å². The number of nitrogens with zero attached hydrogens (tertiary/aromatic N) is 3. The van der Waals surface area contributed by atoms with Crippen LogP contribution < -0.4 is 4.90 Å². The van der Waals surface area contributed by atoms with E-state index < -0.39 is 0 Å². The standard InChI is InChI=1S/C22H20Cl3N3O/c1-26-10-2-3-20(26)22(29)27-11-12-28(19-9-8-17(24)13-18(19)25)21(14-27)15-4-6-16(23)7-5-15/h2-10,13,21H,11-12,14H2,1H3. The Balaban J connectivity index is 1.68. The molecule has 1 aliphatic heterocycles. The lowest BCUT2D eigenvalue weighted by Crippen LogP contribution is -2.51. The van der Waals surface area contributed by atoms with Crippen LogP contribution in [0.1, 0.15) is 22.1 Å². The third-order valence-electron chi connectivity index (χ3n) is 5.30. The molecular weight excluding hydrogens is 429 g/mol. The topological polar surface area (TPSA) is 28.5 Å². The van der Waals surface area contributed by atoms with Gasteiger partial charge >= 0.3 is 0 Å². The van der Waals surface area contributed by atoms with Crippen LogP contribution in [0.15, 0.2) is 60.8 Å². The molecule has 0 radical (unpaired) electrons. The Morgan fingerprint density at radius 3 is 2.34 bits per heavy atom. The molecule has 1 aromatic heterocycles. The number of amides is 1. The lowest BCUT2D eigenvalue weighted by atomic mass is 10.0. The summed E-state index contributed by atoms with van der Waals surface area (Å²) in [6.45, 7) is 1.81. The Kier molecular flexibility index (Phi) is 5.77. The maximum absolute atomic E-state index is 13.1. The van der Waals surface area contributed by atoms with Crippen LogP contribution in [0.25, 0.3) is 0 Å². The fourth-order valence-corrected chi connectivity index (χ4v) is 4.43. The van der Waals surface area contributed by atoms with E-state index >= 15 is 0 Å². The number of anilines is 1. The summed E-state index contributed by atoms with van der Waals surface area (Å²) >= 11 is 18.7. The molecule has 1 unspecified atom stereocenters. The molecule has 1 saturated heterocycles. The van der Waals surface area contributed by atoms with Gasteiger partial charge in [-0.3, -0.25) is 4.79 Å². The van der Waals surface area contributed by atoms with Crippen molar-refractivity contribution in [1.82, 2.24) is 9.47 Å². The number of hydrogen-bond acceptors (Lipinski definition) is 2. The van der Waals surface area contributed by atoms with Crippen LogP contribution in [-0.2, 0) is 7.05 Å². The number of rotatable bonds is 3. The molecule has 7 heteroatoms. The van der Waals surface area contributed by atoms with Crippen LogP contribution in [0, 0.1) is 0 Å². The Morgan fingerprint density at radius 1 is 0.966 bits per heavy atom. The summed E-state index contributed by atoms with van der Waals surface area (Å²) in [5.41, 5.74) is 2.66. The average Bonchev–Trinajstić information content (AvgIpc) is 3.14. The van der Waals surface area contributed by atoms with Gasteiger partial charge in [0.1, 0.15) is 5.69 Å². The first-order valence-corrected chi connectivity index (χ1v) is 10.4. The van der Waals surface area contributed by atoms with Gasteiger partial charge in [-0.1, -0.05) is 46.9 Å². The van der Waals surface area contributed by atoms with Gasteiger partial charge in [-0.2, -0.15) is 0 Å². The Hall–Kier alpha value is -2.14. The summed E-state index contributed by atoms with van der Waals surface area (Å²) < 4.78 is 1.85. The predicted molar refractivity (Wildman–Crippen MR) is 119 cm³/mol. The van der Waals surface area contributed by atoms with Crippen molar-refractivity contribution in [2.24, 2.45) is 7.05 Å². The Bertz CT molecular complexity index is 1030. The number of halogens is 3. The molecule has 4 nitrogen and oxygen atoms in total. The molecule has 29 heavy (non-hydrogen) atoms. The summed E-state index contributed by atoms with van der Waals surface area (Å²) in [5.74, 6) is 0.0262. The number of piperazine rings is 1. The Labute approximate surface area is 185 Å². The summed E-state index contributed by atoms with van der Waals surface area (Å²) in [4.78, 5) is 17.2. The van der Waals surface area contributed by atoms with Gasteiger partial charge < -0.3 is 14.4 Å². The van der Waals surface area contributed by atoms with Gasteiger partial charge in [-0.15, -0.1) is 0 Å². The molecular formula is C22H20Cl3N3O. The second-order valence-electron chi connectivity index (χ2n) is 7.11. The minimum absolute atomic E-state index is 0.0262. The van der Waals surface area contributed by atoms with Gasteiger partial charge in [-0.05, 0) is 48.0 Å². The van der Waals surface area contributed by atoms with E-state index in [1.54, 1.807) is 6.07 Å². The SMILES string of the molecule is Cn1cccc1C(=O)N1CCN(c2ccc(Cl)cc2Cl)C(c2ccc(Cl)cc2)C1. The third-order valence-corrected chi connectivity index (χ3v) is 6.09. The number of aryl methyl sites for hydroxylation is 1. The molecule has 150 valence electrons. The fraction of sp³-hybridized carbons (Fsp3) is 0.227. The van der Waals surface area contributed by atoms with Gasteiger partial charge in [0.15, 0.2) is 0 Å². The number of benzene rings is 2. The number of hydrogen-bond donors (Lipinski definition) is 0. The van der Waals surface area contributed by atoms with Crippen LogP contribution in [-0.4, -0.2) is 35.0 Å². The Morgan fingerprint density at radius 2 is 1.69 bits per heavy atom. The average molecular weight is 449 g/mol. The van der Waals surface area contributed by atoms with E-state index in [2.05, 4.69) is 4.90 Å². The highest BCUT2D eigenvalue weighted by Crippen LogP contribution is 2.37. The molecule has 2 heterocycles. The van der Waals surface area contributed by atoms with Crippen molar-refractivity contribution < 1.29 is 4.79 Å². The molecule has 0 bridgehead atoms. The van der Waals surface area contributed by atoms with Crippen molar-refractivity contribution in [2.75, 3.05) is 24.5 Å². The zero-order valence-corrected chi connectivity index (χ0v) is 18.1. The molecule has 4 rings (SSSR count). The lowest BCUT2D eigenvalue weighted by molar-refractivity contribution is 0.0712. The highest BCUT2D eigenvalue weighted by atomic mass is 35.5. The van der Waals surface area contributed by atoms with Gasteiger partial charge in [0, 0.05) is 42.9 Å². The number of aromatic nitrogens is 1. The van der Waals surface area contributed by atoms with Gasteiger partial charge in [-0.25, -0.2) is 0 Å². The minimum Gasteiger partial charge on any atom is -0.360 e. The quantitative estimate of drug-likeness (QED) is 0.515. The lowest BCUT2D eigenvalue weighted by Gasteiger charge is -2.43. The van der Waals surface area contributed by atoms with E-state index in [9.17, 15) is 4.79 Å².